The molecule has 1 N–H and O–H groups in total. The SMILES string of the molecule is [2H]C([2H])([2H])Oc1ccccc1CO. The normalized spacial score (nSPS) is 15.1. The second-order valence-corrected chi connectivity index (χ2v) is 1.87. The monoisotopic (exact) mass is 141 g/mol. The van der Waals surface area contributed by atoms with Crippen LogP contribution < -0.4 is 4.74 Å². The molecule has 1 aromatic rings. The minimum absolute atomic E-state index is 0.199. The molecule has 10 heavy (non-hydrogen) atoms. The molecular weight excluding hydrogens is 128 g/mol. The van der Waals surface area contributed by atoms with Crippen LogP contribution in [0.1, 0.15) is 9.68 Å². The van der Waals surface area contributed by atoms with Gasteiger partial charge in [0.2, 0.25) is 0 Å². The summed E-state index contributed by atoms with van der Waals surface area (Å²) in [7, 11) is -2.47. The van der Waals surface area contributed by atoms with E-state index in [0.717, 1.165) is 0 Å². The van der Waals surface area contributed by atoms with Gasteiger partial charge in [-0.3, -0.25) is 0 Å². The summed E-state index contributed by atoms with van der Waals surface area (Å²) in [6.45, 7) is -0.230. The third-order valence-electron chi connectivity index (χ3n) is 1.25. The van der Waals surface area contributed by atoms with Gasteiger partial charge in [-0.15, -0.1) is 0 Å². The lowest BCUT2D eigenvalue weighted by atomic mass is 10.2. The number of hydrogen-bond donors (Lipinski definition) is 1. The quantitative estimate of drug-likeness (QED) is 0.670. The Bertz CT molecular complexity index is 283. The molecule has 1 rings (SSSR count). The summed E-state index contributed by atoms with van der Waals surface area (Å²) in [5, 5.41) is 8.85. The van der Waals surface area contributed by atoms with Gasteiger partial charge in [0.1, 0.15) is 5.75 Å². The van der Waals surface area contributed by atoms with Crippen LogP contribution in [0.3, 0.4) is 0 Å². The maximum absolute atomic E-state index is 8.85. The molecule has 0 fully saturated rings. The maximum atomic E-state index is 8.85. The fraction of sp³-hybridized carbons (Fsp3) is 0.250. The second kappa shape index (κ2) is 3.22. The Morgan fingerprint density at radius 1 is 1.60 bits per heavy atom. The van der Waals surface area contributed by atoms with Crippen molar-refractivity contribution in [3.63, 3.8) is 0 Å². The van der Waals surface area contributed by atoms with E-state index in [9.17, 15) is 0 Å². The Morgan fingerprint density at radius 2 is 2.40 bits per heavy atom. The molecule has 0 spiro atoms. The van der Waals surface area contributed by atoms with Gasteiger partial charge in [0.05, 0.1) is 17.8 Å². The number of aliphatic hydroxyl groups excluding tert-OH is 1. The highest BCUT2D eigenvalue weighted by Gasteiger charge is 1.96. The Kier molecular flexibility index (Phi) is 1.28. The van der Waals surface area contributed by atoms with Crippen molar-refractivity contribution in [1.82, 2.24) is 0 Å². The zero-order chi connectivity index (χ0) is 9.90. The van der Waals surface area contributed by atoms with E-state index in [2.05, 4.69) is 4.74 Å². The average molecular weight is 141 g/mol. The Labute approximate surface area is 64.3 Å². The van der Waals surface area contributed by atoms with Crippen molar-refractivity contribution in [2.24, 2.45) is 0 Å². The third-order valence-corrected chi connectivity index (χ3v) is 1.25. The topological polar surface area (TPSA) is 29.5 Å². The van der Waals surface area contributed by atoms with Crippen molar-refractivity contribution in [2.75, 3.05) is 7.04 Å². The predicted octanol–water partition coefficient (Wildman–Crippen LogP) is 1.19. The molecule has 0 saturated carbocycles. The fourth-order valence-corrected chi connectivity index (χ4v) is 0.734. The number of para-hydroxylation sites is 1. The lowest BCUT2D eigenvalue weighted by Gasteiger charge is -2.03. The Balaban J connectivity index is 2.87. The van der Waals surface area contributed by atoms with Crippen LogP contribution in [0, 0.1) is 0 Å². The smallest absolute Gasteiger partial charge is 0.124 e. The molecule has 0 aromatic heterocycles. The first-order chi connectivity index (χ1) is 6.03. The number of hydrogen-bond acceptors (Lipinski definition) is 2. The zero-order valence-corrected chi connectivity index (χ0v) is 5.37. The lowest BCUT2D eigenvalue weighted by Crippen LogP contribution is -1.89. The zero-order valence-electron chi connectivity index (χ0n) is 8.37. The van der Waals surface area contributed by atoms with Gasteiger partial charge < -0.3 is 9.84 Å². The van der Waals surface area contributed by atoms with Crippen molar-refractivity contribution >= 4 is 0 Å². The van der Waals surface area contributed by atoms with Crippen LogP contribution in [0.25, 0.3) is 0 Å². The van der Waals surface area contributed by atoms with Crippen LogP contribution in [0.15, 0.2) is 24.3 Å². The molecule has 54 valence electrons. The number of rotatable bonds is 2. The van der Waals surface area contributed by atoms with E-state index in [0.29, 0.717) is 5.56 Å². The van der Waals surface area contributed by atoms with E-state index >= 15 is 0 Å². The summed E-state index contributed by atoms with van der Waals surface area (Å²) in [5.74, 6) is 0.199. The van der Waals surface area contributed by atoms with E-state index in [1.54, 1.807) is 18.2 Å². The summed E-state index contributed by atoms with van der Waals surface area (Å²) in [6, 6.07) is 6.48. The summed E-state index contributed by atoms with van der Waals surface area (Å²) in [4.78, 5) is 0. The van der Waals surface area contributed by atoms with Gasteiger partial charge in [-0.25, -0.2) is 0 Å². The van der Waals surface area contributed by atoms with Crippen LogP contribution in [-0.4, -0.2) is 12.1 Å². The predicted molar refractivity (Wildman–Crippen MR) is 38.9 cm³/mol. The summed E-state index contributed by atoms with van der Waals surface area (Å²) >= 11 is 0. The second-order valence-electron chi connectivity index (χ2n) is 1.87. The van der Waals surface area contributed by atoms with Gasteiger partial charge in [0, 0.05) is 5.56 Å². The first-order valence-electron chi connectivity index (χ1n) is 4.41. The highest BCUT2D eigenvalue weighted by atomic mass is 16.5. The summed E-state index contributed by atoms with van der Waals surface area (Å²) in [6.07, 6.45) is 0. The molecule has 0 amide bonds. The van der Waals surface area contributed by atoms with Crippen LogP contribution >= 0.6 is 0 Å². The number of methoxy groups -OCH3 is 1. The van der Waals surface area contributed by atoms with Crippen molar-refractivity contribution in [2.45, 2.75) is 6.61 Å². The minimum Gasteiger partial charge on any atom is -0.496 e. The van der Waals surface area contributed by atoms with Gasteiger partial charge in [-0.1, -0.05) is 18.2 Å². The van der Waals surface area contributed by atoms with Crippen molar-refractivity contribution in [1.29, 1.82) is 0 Å². The molecule has 0 aliphatic rings. The summed E-state index contributed by atoms with van der Waals surface area (Å²) < 4.78 is 25.3. The highest BCUT2D eigenvalue weighted by molar-refractivity contribution is 5.32. The average Bonchev–Trinajstić information content (AvgIpc) is 2.02. The van der Waals surface area contributed by atoms with Crippen molar-refractivity contribution in [3.8, 4) is 5.75 Å². The Hall–Kier alpha value is -1.02. The molecule has 0 aliphatic carbocycles. The van der Waals surface area contributed by atoms with Crippen LogP contribution in [0.4, 0.5) is 0 Å². The van der Waals surface area contributed by atoms with E-state index in [1.807, 2.05) is 0 Å². The molecule has 0 atom stereocenters. The molecule has 0 unspecified atom stereocenters. The maximum Gasteiger partial charge on any atom is 0.124 e. The van der Waals surface area contributed by atoms with Gasteiger partial charge in [-0.05, 0) is 6.07 Å². The number of aliphatic hydroxyl groups is 1. The Morgan fingerprint density at radius 3 is 3.10 bits per heavy atom. The van der Waals surface area contributed by atoms with Gasteiger partial charge in [0.25, 0.3) is 0 Å². The molecular formula is C8H10O2. The molecule has 2 heteroatoms. The molecule has 0 heterocycles. The third kappa shape index (κ3) is 1.28. The largest absolute Gasteiger partial charge is 0.496 e. The van der Waals surface area contributed by atoms with Gasteiger partial charge >= 0.3 is 0 Å². The first kappa shape index (κ1) is 3.98. The standard InChI is InChI=1S/C8H10O2/c1-10-8-5-3-2-4-7(8)6-9/h2-5,9H,6H2,1H3/i1D3. The minimum atomic E-state index is -2.47. The lowest BCUT2D eigenvalue weighted by molar-refractivity contribution is 0.274. The molecule has 2 nitrogen and oxygen atoms in total. The van der Waals surface area contributed by atoms with Crippen LogP contribution in [0.5, 0.6) is 5.75 Å². The van der Waals surface area contributed by atoms with E-state index in [-0.39, 0.29) is 12.4 Å². The van der Waals surface area contributed by atoms with Crippen LogP contribution in [0.2, 0.25) is 0 Å². The van der Waals surface area contributed by atoms with Gasteiger partial charge in [0.15, 0.2) is 0 Å². The highest BCUT2D eigenvalue weighted by Crippen LogP contribution is 2.16. The molecule has 0 radical (unpaired) electrons. The fourth-order valence-electron chi connectivity index (χ4n) is 0.734. The van der Waals surface area contributed by atoms with Gasteiger partial charge in [-0.2, -0.15) is 0 Å². The molecule has 0 saturated heterocycles. The van der Waals surface area contributed by atoms with E-state index in [4.69, 9.17) is 9.22 Å². The summed E-state index contributed by atoms with van der Waals surface area (Å²) in [5.41, 5.74) is 0.471. The molecule has 1 aromatic carbocycles. The van der Waals surface area contributed by atoms with E-state index in [1.165, 1.54) is 6.07 Å². The van der Waals surface area contributed by atoms with E-state index < -0.39 is 7.04 Å². The number of ether oxygens (including phenoxy) is 1. The van der Waals surface area contributed by atoms with Crippen molar-refractivity contribution in [3.05, 3.63) is 29.8 Å². The van der Waals surface area contributed by atoms with Crippen LogP contribution in [-0.2, 0) is 6.61 Å². The molecule has 0 aliphatic heterocycles. The number of benzene rings is 1. The molecule has 0 bridgehead atoms. The first-order valence-corrected chi connectivity index (χ1v) is 2.91. The van der Waals surface area contributed by atoms with Crippen molar-refractivity contribution < 1.29 is 14.0 Å².